The first-order valence-corrected chi connectivity index (χ1v) is 6.91. The molecule has 0 radical (unpaired) electrons. The third kappa shape index (κ3) is 2.19. The average Bonchev–Trinajstić information content (AvgIpc) is 2.78. The summed E-state index contributed by atoms with van der Waals surface area (Å²) in [6.07, 6.45) is 0.746. The molecule has 1 aliphatic carbocycles. The van der Waals surface area contributed by atoms with Crippen LogP contribution in [0, 0.1) is 11.3 Å². The molecule has 1 aliphatic rings. The average molecular weight is 276 g/mol. The van der Waals surface area contributed by atoms with Crippen molar-refractivity contribution in [2.24, 2.45) is 5.16 Å². The Balaban J connectivity index is 2.09. The van der Waals surface area contributed by atoms with E-state index in [4.69, 9.17) is 10.5 Å². The number of fused-ring (bicyclic) bond motifs is 1. The van der Waals surface area contributed by atoms with Crippen molar-refractivity contribution < 1.29 is 5.21 Å². The second-order valence-corrected chi connectivity index (χ2v) is 6.06. The molecule has 0 unspecified atom stereocenters. The van der Waals surface area contributed by atoms with E-state index >= 15 is 0 Å². The number of hydrogen-bond donors (Lipinski definition) is 1. The van der Waals surface area contributed by atoms with Crippen molar-refractivity contribution in [2.45, 2.75) is 25.7 Å². The van der Waals surface area contributed by atoms with E-state index < -0.39 is 0 Å². The molecule has 3 heteroatoms. The van der Waals surface area contributed by atoms with Gasteiger partial charge in [-0.3, -0.25) is 0 Å². The summed E-state index contributed by atoms with van der Waals surface area (Å²) in [6, 6.07) is 15.9. The molecule has 3 rings (SSSR count). The van der Waals surface area contributed by atoms with Crippen molar-refractivity contribution in [1.29, 1.82) is 5.26 Å². The largest absolute Gasteiger partial charge is 0.411 e. The van der Waals surface area contributed by atoms with E-state index in [1.54, 1.807) is 0 Å². The lowest BCUT2D eigenvalue weighted by Crippen LogP contribution is -2.12. The van der Waals surface area contributed by atoms with Gasteiger partial charge in [-0.2, -0.15) is 5.26 Å². The van der Waals surface area contributed by atoms with Gasteiger partial charge in [-0.15, -0.1) is 0 Å². The highest BCUT2D eigenvalue weighted by molar-refractivity contribution is 6.06. The van der Waals surface area contributed by atoms with Crippen LogP contribution in [-0.2, 0) is 5.41 Å². The van der Waals surface area contributed by atoms with Crippen LogP contribution in [0.4, 0.5) is 0 Å². The molecule has 0 bridgehead atoms. The van der Waals surface area contributed by atoms with Crippen LogP contribution in [0.3, 0.4) is 0 Å². The second-order valence-electron chi connectivity index (χ2n) is 6.06. The Morgan fingerprint density at radius 1 is 1.10 bits per heavy atom. The van der Waals surface area contributed by atoms with Crippen LogP contribution in [0.1, 0.15) is 37.0 Å². The summed E-state index contributed by atoms with van der Waals surface area (Å²) in [5.41, 5.74) is 5.82. The topological polar surface area (TPSA) is 56.4 Å². The van der Waals surface area contributed by atoms with Crippen LogP contribution in [0.5, 0.6) is 0 Å². The van der Waals surface area contributed by atoms with Gasteiger partial charge in [-0.25, -0.2) is 0 Å². The Hall–Kier alpha value is -2.60. The lowest BCUT2D eigenvalue weighted by atomic mass is 9.85. The summed E-state index contributed by atoms with van der Waals surface area (Å²) in [5.74, 6) is 0. The van der Waals surface area contributed by atoms with Crippen molar-refractivity contribution in [3.05, 3.63) is 59.2 Å². The van der Waals surface area contributed by atoms with Crippen LogP contribution in [-0.4, -0.2) is 10.9 Å². The van der Waals surface area contributed by atoms with Crippen molar-refractivity contribution in [1.82, 2.24) is 0 Å². The SMILES string of the molecule is CC1(C)CC(=NO)c2ccc(-c3ccc(C#N)cc3)cc21. The number of rotatable bonds is 1. The zero-order valence-electron chi connectivity index (χ0n) is 12.1. The molecule has 0 heterocycles. The Morgan fingerprint density at radius 3 is 2.38 bits per heavy atom. The van der Waals surface area contributed by atoms with Gasteiger partial charge in [0.05, 0.1) is 17.3 Å². The van der Waals surface area contributed by atoms with Crippen LogP contribution in [0.2, 0.25) is 0 Å². The van der Waals surface area contributed by atoms with E-state index in [0.29, 0.717) is 5.56 Å². The summed E-state index contributed by atoms with van der Waals surface area (Å²) in [6.45, 7) is 4.32. The van der Waals surface area contributed by atoms with Gasteiger partial charge in [0.1, 0.15) is 0 Å². The van der Waals surface area contributed by atoms with E-state index in [-0.39, 0.29) is 5.41 Å². The zero-order valence-corrected chi connectivity index (χ0v) is 12.1. The maximum atomic E-state index is 9.15. The van der Waals surface area contributed by atoms with Gasteiger partial charge in [0.2, 0.25) is 0 Å². The smallest absolute Gasteiger partial charge is 0.0991 e. The van der Waals surface area contributed by atoms with Crippen LogP contribution >= 0.6 is 0 Å². The third-order valence-corrected chi connectivity index (χ3v) is 4.14. The second kappa shape index (κ2) is 4.75. The number of nitriles is 1. The van der Waals surface area contributed by atoms with Crippen LogP contribution < -0.4 is 0 Å². The first kappa shape index (κ1) is 13.4. The molecule has 0 saturated carbocycles. The molecular weight excluding hydrogens is 260 g/mol. The van der Waals surface area contributed by atoms with Crippen LogP contribution in [0.25, 0.3) is 11.1 Å². The highest BCUT2D eigenvalue weighted by Crippen LogP contribution is 2.40. The first-order chi connectivity index (χ1) is 10.0. The summed E-state index contributed by atoms with van der Waals surface area (Å²) >= 11 is 0. The van der Waals surface area contributed by atoms with E-state index in [1.807, 2.05) is 36.4 Å². The standard InChI is InChI=1S/C18H16N2O/c1-18(2)10-17(20-21)15-8-7-14(9-16(15)18)13-5-3-12(11-19)4-6-13/h3-9,21H,10H2,1-2H3. The van der Waals surface area contributed by atoms with Crippen molar-refractivity contribution >= 4 is 5.71 Å². The number of benzene rings is 2. The predicted octanol–water partition coefficient (Wildman–Crippen LogP) is 4.08. The van der Waals surface area contributed by atoms with Gasteiger partial charge in [-0.05, 0) is 40.3 Å². The minimum Gasteiger partial charge on any atom is -0.411 e. The van der Waals surface area contributed by atoms with Gasteiger partial charge in [0, 0.05) is 12.0 Å². The summed E-state index contributed by atoms with van der Waals surface area (Å²) < 4.78 is 0. The van der Waals surface area contributed by atoms with Gasteiger partial charge >= 0.3 is 0 Å². The van der Waals surface area contributed by atoms with E-state index in [1.165, 1.54) is 5.56 Å². The van der Waals surface area contributed by atoms with Crippen molar-refractivity contribution in [3.63, 3.8) is 0 Å². The summed E-state index contributed by atoms with van der Waals surface area (Å²) in [4.78, 5) is 0. The number of hydrogen-bond acceptors (Lipinski definition) is 3. The fourth-order valence-corrected chi connectivity index (χ4v) is 2.97. The quantitative estimate of drug-likeness (QED) is 0.630. The predicted molar refractivity (Wildman–Crippen MR) is 82.6 cm³/mol. The molecule has 1 N–H and O–H groups in total. The Kier molecular flexibility index (Phi) is 3.03. The molecule has 2 aromatic carbocycles. The normalized spacial score (nSPS) is 17.5. The Morgan fingerprint density at radius 2 is 1.76 bits per heavy atom. The molecule has 104 valence electrons. The maximum absolute atomic E-state index is 9.15. The summed E-state index contributed by atoms with van der Waals surface area (Å²) in [7, 11) is 0. The van der Waals surface area contributed by atoms with E-state index in [9.17, 15) is 0 Å². The fourth-order valence-electron chi connectivity index (χ4n) is 2.97. The van der Waals surface area contributed by atoms with Gasteiger partial charge in [-0.1, -0.05) is 43.3 Å². The minimum atomic E-state index is -0.0283. The number of oxime groups is 1. The summed E-state index contributed by atoms with van der Waals surface area (Å²) in [5, 5.41) is 21.4. The molecule has 21 heavy (non-hydrogen) atoms. The molecule has 0 aliphatic heterocycles. The molecule has 0 aromatic heterocycles. The van der Waals surface area contributed by atoms with E-state index in [0.717, 1.165) is 28.8 Å². The third-order valence-electron chi connectivity index (χ3n) is 4.14. The highest BCUT2D eigenvalue weighted by atomic mass is 16.4. The van der Waals surface area contributed by atoms with Crippen molar-refractivity contribution in [3.8, 4) is 17.2 Å². The van der Waals surface area contributed by atoms with Crippen molar-refractivity contribution in [2.75, 3.05) is 0 Å². The van der Waals surface area contributed by atoms with E-state index in [2.05, 4.69) is 31.1 Å². The molecule has 0 atom stereocenters. The molecule has 2 aromatic rings. The molecule has 0 spiro atoms. The fraction of sp³-hybridized carbons (Fsp3) is 0.222. The van der Waals surface area contributed by atoms with Gasteiger partial charge < -0.3 is 5.21 Å². The van der Waals surface area contributed by atoms with Gasteiger partial charge in [0.15, 0.2) is 0 Å². The lowest BCUT2D eigenvalue weighted by Gasteiger charge is -2.18. The molecule has 3 nitrogen and oxygen atoms in total. The number of nitrogens with zero attached hydrogens (tertiary/aromatic N) is 2. The molecule has 0 fully saturated rings. The highest BCUT2D eigenvalue weighted by Gasteiger charge is 2.34. The molecule has 0 saturated heterocycles. The minimum absolute atomic E-state index is 0.0283. The lowest BCUT2D eigenvalue weighted by molar-refractivity contribution is 0.317. The molecule has 0 amide bonds. The van der Waals surface area contributed by atoms with Crippen LogP contribution in [0.15, 0.2) is 47.6 Å². The monoisotopic (exact) mass is 276 g/mol. The molecular formula is C18H16N2O. The first-order valence-electron chi connectivity index (χ1n) is 6.91. The van der Waals surface area contributed by atoms with Gasteiger partial charge in [0.25, 0.3) is 0 Å². The Bertz CT molecular complexity index is 765. The Labute approximate surface area is 124 Å². The maximum Gasteiger partial charge on any atom is 0.0991 e. The zero-order chi connectivity index (χ0) is 15.0.